The highest BCUT2D eigenvalue weighted by Gasteiger charge is 2.29. The molecule has 0 spiro atoms. The second-order valence-electron chi connectivity index (χ2n) is 7.22. The number of urea groups is 1. The van der Waals surface area contributed by atoms with Gasteiger partial charge in [0.15, 0.2) is 0 Å². The van der Waals surface area contributed by atoms with E-state index in [9.17, 15) is 9.90 Å². The fourth-order valence-electron chi connectivity index (χ4n) is 3.88. The first-order valence-electron chi connectivity index (χ1n) is 9.88. The Labute approximate surface area is 161 Å². The number of aromatic nitrogens is 1. The van der Waals surface area contributed by atoms with Crippen molar-refractivity contribution in [1.82, 2.24) is 15.2 Å². The molecule has 3 rings (SSSR count). The summed E-state index contributed by atoms with van der Waals surface area (Å²) in [6, 6.07) is 14.4. The molecule has 1 aliphatic carbocycles. The zero-order valence-electron chi connectivity index (χ0n) is 15.8. The Morgan fingerprint density at radius 1 is 1.15 bits per heavy atom. The van der Waals surface area contributed by atoms with Crippen LogP contribution in [0, 0.1) is 0 Å². The summed E-state index contributed by atoms with van der Waals surface area (Å²) in [4.78, 5) is 18.9. The van der Waals surface area contributed by atoms with Crippen LogP contribution in [0.2, 0.25) is 0 Å². The quantitative estimate of drug-likeness (QED) is 0.784. The highest BCUT2D eigenvalue weighted by molar-refractivity contribution is 5.74. The third-order valence-corrected chi connectivity index (χ3v) is 5.27. The maximum atomic E-state index is 13.0. The minimum Gasteiger partial charge on any atom is -0.396 e. The molecule has 0 aliphatic heterocycles. The summed E-state index contributed by atoms with van der Waals surface area (Å²) in [5.74, 6) is 0.363. The minimum atomic E-state index is -0.0554. The van der Waals surface area contributed by atoms with Gasteiger partial charge in [-0.3, -0.25) is 4.98 Å². The summed E-state index contributed by atoms with van der Waals surface area (Å²) in [5, 5.41) is 12.5. The fourth-order valence-corrected chi connectivity index (χ4v) is 3.88. The van der Waals surface area contributed by atoms with Gasteiger partial charge in [-0.2, -0.15) is 0 Å². The van der Waals surface area contributed by atoms with Crippen LogP contribution in [0.3, 0.4) is 0 Å². The molecule has 2 N–H and O–H groups in total. The van der Waals surface area contributed by atoms with Crippen LogP contribution < -0.4 is 5.32 Å². The molecule has 27 heavy (non-hydrogen) atoms. The van der Waals surface area contributed by atoms with E-state index < -0.39 is 0 Å². The van der Waals surface area contributed by atoms with Crippen LogP contribution in [0.25, 0.3) is 0 Å². The lowest BCUT2D eigenvalue weighted by atomic mass is 9.80. The van der Waals surface area contributed by atoms with E-state index in [0.717, 1.165) is 24.8 Å². The molecule has 2 amide bonds. The van der Waals surface area contributed by atoms with Crippen molar-refractivity contribution < 1.29 is 9.90 Å². The molecule has 0 radical (unpaired) electrons. The second kappa shape index (κ2) is 10.1. The average molecular weight is 367 g/mol. The van der Waals surface area contributed by atoms with E-state index in [-0.39, 0.29) is 18.7 Å². The van der Waals surface area contributed by atoms with Crippen molar-refractivity contribution in [2.24, 2.45) is 0 Å². The molecule has 1 fully saturated rings. The summed E-state index contributed by atoms with van der Waals surface area (Å²) in [5.41, 5.74) is 2.30. The van der Waals surface area contributed by atoms with Crippen molar-refractivity contribution in [3.05, 3.63) is 66.0 Å². The Morgan fingerprint density at radius 2 is 1.96 bits per heavy atom. The van der Waals surface area contributed by atoms with Crippen molar-refractivity contribution in [2.75, 3.05) is 13.2 Å². The van der Waals surface area contributed by atoms with E-state index in [2.05, 4.69) is 34.6 Å². The number of nitrogens with zero attached hydrogens (tertiary/aromatic N) is 2. The topological polar surface area (TPSA) is 65.5 Å². The molecule has 0 saturated heterocycles. The molecule has 5 nitrogen and oxygen atoms in total. The van der Waals surface area contributed by atoms with Gasteiger partial charge in [0.25, 0.3) is 0 Å². The Hall–Kier alpha value is -2.40. The summed E-state index contributed by atoms with van der Waals surface area (Å²) in [6.45, 7) is 1.11. The summed E-state index contributed by atoms with van der Waals surface area (Å²) in [7, 11) is 0. The normalized spacial score (nSPS) is 19.4. The van der Waals surface area contributed by atoms with Gasteiger partial charge in [-0.25, -0.2) is 4.79 Å². The molecule has 5 heteroatoms. The van der Waals surface area contributed by atoms with E-state index in [1.807, 2.05) is 18.2 Å². The Kier molecular flexibility index (Phi) is 7.22. The third-order valence-electron chi connectivity index (χ3n) is 5.27. The summed E-state index contributed by atoms with van der Waals surface area (Å²) >= 11 is 0. The molecular formula is C22H29N3O2. The minimum absolute atomic E-state index is 0.0554. The van der Waals surface area contributed by atoms with Gasteiger partial charge in [0.2, 0.25) is 0 Å². The van der Waals surface area contributed by atoms with Gasteiger partial charge >= 0.3 is 6.03 Å². The Bertz CT molecular complexity index is 693. The van der Waals surface area contributed by atoms with Crippen LogP contribution in [-0.2, 0) is 6.54 Å². The van der Waals surface area contributed by atoms with Crippen molar-refractivity contribution in [1.29, 1.82) is 0 Å². The van der Waals surface area contributed by atoms with Crippen LogP contribution in [-0.4, -0.2) is 40.2 Å². The van der Waals surface area contributed by atoms with Crippen molar-refractivity contribution in [2.45, 2.75) is 50.6 Å². The number of aliphatic hydroxyl groups excluding tert-OH is 1. The molecule has 144 valence electrons. The smallest absolute Gasteiger partial charge is 0.317 e. The number of carbonyl (C=O) groups excluding carboxylic acids is 1. The lowest BCUT2D eigenvalue weighted by Crippen LogP contribution is -2.48. The first kappa shape index (κ1) is 19.4. The number of carbonyl (C=O) groups is 1. The highest BCUT2D eigenvalue weighted by atomic mass is 16.3. The molecule has 1 saturated carbocycles. The van der Waals surface area contributed by atoms with Crippen molar-refractivity contribution in [3.63, 3.8) is 0 Å². The number of amides is 2. The molecule has 1 aliphatic rings. The third kappa shape index (κ3) is 5.54. The number of benzene rings is 1. The van der Waals surface area contributed by atoms with Crippen LogP contribution in [0.5, 0.6) is 0 Å². The molecule has 1 aromatic carbocycles. The van der Waals surface area contributed by atoms with Crippen LogP contribution in [0.15, 0.2) is 54.9 Å². The van der Waals surface area contributed by atoms with E-state index in [1.54, 1.807) is 17.3 Å². The van der Waals surface area contributed by atoms with Crippen LogP contribution >= 0.6 is 0 Å². The molecule has 2 atom stereocenters. The molecule has 0 unspecified atom stereocenters. The van der Waals surface area contributed by atoms with Crippen LogP contribution in [0.1, 0.15) is 49.1 Å². The summed E-state index contributed by atoms with van der Waals surface area (Å²) < 4.78 is 0. The lowest BCUT2D eigenvalue weighted by molar-refractivity contribution is 0.177. The standard InChI is InChI=1S/C22H29N3O2/c26-15-7-14-25(17-18-8-6-13-23-16-18)22(27)24-21-12-5-4-11-20(21)19-9-2-1-3-10-19/h1-3,6,8-10,13,16,20-21,26H,4-5,7,11-12,14-15,17H2,(H,24,27)/t20-,21+/m0/s1. The zero-order valence-corrected chi connectivity index (χ0v) is 15.8. The predicted octanol–water partition coefficient (Wildman–Crippen LogP) is 3.70. The largest absolute Gasteiger partial charge is 0.396 e. The fraction of sp³-hybridized carbons (Fsp3) is 0.455. The van der Waals surface area contributed by atoms with Crippen molar-refractivity contribution >= 4 is 6.03 Å². The van der Waals surface area contributed by atoms with Crippen molar-refractivity contribution in [3.8, 4) is 0 Å². The van der Waals surface area contributed by atoms with E-state index >= 15 is 0 Å². The Balaban J connectivity index is 1.69. The van der Waals surface area contributed by atoms with Crippen LogP contribution in [0.4, 0.5) is 4.79 Å². The zero-order chi connectivity index (χ0) is 18.9. The van der Waals surface area contributed by atoms with Gasteiger partial charge in [0, 0.05) is 44.0 Å². The van der Waals surface area contributed by atoms with E-state index in [1.165, 1.54) is 12.0 Å². The van der Waals surface area contributed by atoms with Gasteiger partial charge < -0.3 is 15.3 Å². The van der Waals surface area contributed by atoms with E-state index in [4.69, 9.17) is 0 Å². The monoisotopic (exact) mass is 367 g/mol. The van der Waals surface area contributed by atoms with Gasteiger partial charge in [-0.15, -0.1) is 0 Å². The number of pyridine rings is 1. The molecular weight excluding hydrogens is 338 g/mol. The first-order valence-corrected chi connectivity index (χ1v) is 9.88. The predicted molar refractivity (Wildman–Crippen MR) is 106 cm³/mol. The molecule has 0 bridgehead atoms. The maximum Gasteiger partial charge on any atom is 0.317 e. The Morgan fingerprint density at radius 3 is 2.70 bits per heavy atom. The molecule has 1 heterocycles. The highest BCUT2D eigenvalue weighted by Crippen LogP contribution is 2.33. The number of hydrogen-bond donors (Lipinski definition) is 2. The number of hydrogen-bond acceptors (Lipinski definition) is 3. The molecule has 1 aromatic heterocycles. The number of aliphatic hydroxyl groups is 1. The average Bonchev–Trinajstić information content (AvgIpc) is 2.73. The van der Waals surface area contributed by atoms with Gasteiger partial charge in [0.1, 0.15) is 0 Å². The van der Waals surface area contributed by atoms with Gasteiger partial charge in [-0.1, -0.05) is 49.2 Å². The SMILES string of the molecule is O=C(N[C@@H]1CCCC[C@H]1c1ccccc1)N(CCCO)Cc1cccnc1. The maximum absolute atomic E-state index is 13.0. The number of nitrogens with one attached hydrogen (secondary N) is 1. The number of rotatable bonds is 7. The van der Waals surface area contributed by atoms with E-state index in [0.29, 0.717) is 25.4 Å². The second-order valence-corrected chi connectivity index (χ2v) is 7.22. The summed E-state index contributed by atoms with van der Waals surface area (Å²) in [6.07, 6.45) is 8.55. The van der Waals surface area contributed by atoms with Gasteiger partial charge in [-0.05, 0) is 36.5 Å². The lowest BCUT2D eigenvalue weighted by Gasteiger charge is -2.34. The van der Waals surface area contributed by atoms with Gasteiger partial charge in [0.05, 0.1) is 0 Å². The molecule has 2 aromatic rings. The first-order chi connectivity index (χ1) is 13.3.